The smallest absolute Gasteiger partial charge is 0.291 e. The zero-order chi connectivity index (χ0) is 10.4. The lowest BCUT2D eigenvalue weighted by atomic mass is 10.1. The van der Waals surface area contributed by atoms with E-state index in [2.05, 4.69) is 39.0 Å². The topological polar surface area (TPSA) is 63.4 Å². The van der Waals surface area contributed by atoms with Crippen LogP contribution in [0, 0.1) is 30.9 Å². The Bertz CT molecular complexity index is 242. The molecule has 1 aromatic rings. The highest BCUT2D eigenvalue weighted by Crippen LogP contribution is 2.06. The molecule has 72 valence electrons. The van der Waals surface area contributed by atoms with E-state index in [4.69, 9.17) is 15.3 Å². The highest BCUT2D eigenvalue weighted by Gasteiger charge is 1.87. The average Bonchev–Trinajstić information content (AvgIpc) is 1.80. The summed E-state index contributed by atoms with van der Waals surface area (Å²) < 4.78 is 0. The first-order valence-electron chi connectivity index (χ1n) is 3.80. The van der Waals surface area contributed by atoms with E-state index in [-0.39, 0.29) is 0 Å². The molecular weight excluding hydrogens is 170 g/mol. The second-order valence-corrected chi connectivity index (χ2v) is 2.90. The number of hydrogen-bond donors (Lipinski definition) is 1. The normalized spacial score (nSPS) is 8.54. The van der Waals surface area contributed by atoms with E-state index in [9.17, 15) is 0 Å². The van der Waals surface area contributed by atoms with Crippen molar-refractivity contribution >= 4 is 0 Å². The van der Waals surface area contributed by atoms with Gasteiger partial charge in [0.1, 0.15) is 0 Å². The summed E-state index contributed by atoms with van der Waals surface area (Å²) in [4.78, 5) is 8.36. The molecule has 0 aromatic heterocycles. The van der Waals surface area contributed by atoms with Gasteiger partial charge in [-0.05, 0) is 20.8 Å². The zero-order valence-electron chi connectivity index (χ0n) is 7.94. The minimum atomic E-state index is -1.50. The second-order valence-electron chi connectivity index (χ2n) is 2.90. The van der Waals surface area contributed by atoms with Crippen LogP contribution in [0.15, 0.2) is 18.2 Å². The van der Waals surface area contributed by atoms with Gasteiger partial charge in [0.05, 0.1) is 0 Å². The summed E-state index contributed by atoms with van der Waals surface area (Å²) in [6, 6.07) is 6.56. The lowest BCUT2D eigenvalue weighted by Gasteiger charge is -1.96. The van der Waals surface area contributed by atoms with E-state index in [1.54, 1.807) is 0 Å². The van der Waals surface area contributed by atoms with Gasteiger partial charge in [0.25, 0.3) is 5.09 Å². The van der Waals surface area contributed by atoms with E-state index in [1.807, 2.05) is 0 Å². The number of aryl methyl sites for hydroxylation is 3. The molecule has 4 nitrogen and oxygen atoms in total. The molecule has 1 aromatic carbocycles. The first-order chi connectivity index (χ1) is 5.91. The highest BCUT2D eigenvalue weighted by atomic mass is 16.9. The third-order valence-corrected chi connectivity index (χ3v) is 1.37. The minimum absolute atomic E-state index is 1.35. The van der Waals surface area contributed by atoms with E-state index in [1.165, 1.54) is 16.7 Å². The fourth-order valence-electron chi connectivity index (χ4n) is 1.20. The molecule has 0 aliphatic rings. The molecule has 0 unspecified atom stereocenters. The monoisotopic (exact) mass is 183 g/mol. The van der Waals surface area contributed by atoms with Gasteiger partial charge < -0.3 is 5.21 Å². The Labute approximate surface area is 76.9 Å². The molecular formula is C9H13NO3. The summed E-state index contributed by atoms with van der Waals surface area (Å²) in [5.41, 5.74) is 4.06. The van der Waals surface area contributed by atoms with Gasteiger partial charge in [0.15, 0.2) is 0 Å². The van der Waals surface area contributed by atoms with Gasteiger partial charge in [-0.2, -0.15) is 0 Å². The van der Waals surface area contributed by atoms with Crippen molar-refractivity contribution in [2.45, 2.75) is 20.8 Å². The minimum Gasteiger partial charge on any atom is -0.328 e. The maximum absolute atomic E-state index is 8.36. The number of hydrogen-bond acceptors (Lipinski definition) is 2. The quantitative estimate of drug-likeness (QED) is 0.495. The molecule has 0 atom stereocenters. The van der Waals surface area contributed by atoms with Crippen LogP contribution in [-0.2, 0) is 0 Å². The first kappa shape index (κ1) is 11.4. The summed E-state index contributed by atoms with van der Waals surface area (Å²) in [5.74, 6) is 0. The summed E-state index contributed by atoms with van der Waals surface area (Å²) in [6.45, 7) is 6.38. The van der Waals surface area contributed by atoms with Crippen LogP contribution in [0.25, 0.3) is 0 Å². The fourth-order valence-corrected chi connectivity index (χ4v) is 1.20. The molecule has 0 amide bonds. The molecule has 0 radical (unpaired) electrons. The number of rotatable bonds is 0. The maximum Gasteiger partial charge on any atom is 0.291 e. The molecule has 0 saturated carbocycles. The maximum atomic E-state index is 8.36. The Morgan fingerprint density at radius 3 is 1.38 bits per heavy atom. The molecule has 0 aliphatic carbocycles. The molecule has 0 fully saturated rings. The Morgan fingerprint density at radius 2 is 1.23 bits per heavy atom. The van der Waals surface area contributed by atoms with E-state index >= 15 is 0 Å². The molecule has 0 saturated heterocycles. The van der Waals surface area contributed by atoms with Crippen LogP contribution in [0.2, 0.25) is 0 Å². The third-order valence-electron chi connectivity index (χ3n) is 1.37. The summed E-state index contributed by atoms with van der Waals surface area (Å²) in [7, 11) is 0. The van der Waals surface area contributed by atoms with Gasteiger partial charge in [-0.3, -0.25) is 0 Å². The predicted octanol–water partition coefficient (Wildman–Crippen LogP) is 2.26. The largest absolute Gasteiger partial charge is 0.328 e. The van der Waals surface area contributed by atoms with Crippen LogP contribution < -0.4 is 0 Å². The van der Waals surface area contributed by atoms with Crippen molar-refractivity contribution in [3.8, 4) is 0 Å². The third kappa shape index (κ3) is 6.80. The van der Waals surface area contributed by atoms with Crippen molar-refractivity contribution in [2.24, 2.45) is 0 Å². The Kier molecular flexibility index (Phi) is 4.51. The van der Waals surface area contributed by atoms with Gasteiger partial charge in [-0.1, -0.05) is 34.9 Å². The van der Waals surface area contributed by atoms with Crippen LogP contribution in [0.1, 0.15) is 16.7 Å². The van der Waals surface area contributed by atoms with Crippen LogP contribution in [-0.4, -0.2) is 10.3 Å². The van der Waals surface area contributed by atoms with E-state index in [0.29, 0.717) is 0 Å². The van der Waals surface area contributed by atoms with Crippen LogP contribution in [0.3, 0.4) is 0 Å². The van der Waals surface area contributed by atoms with E-state index in [0.717, 1.165) is 0 Å². The summed E-state index contributed by atoms with van der Waals surface area (Å²) in [5, 5.41) is 13.6. The Hall–Kier alpha value is -1.58. The van der Waals surface area contributed by atoms with E-state index < -0.39 is 5.09 Å². The molecule has 0 spiro atoms. The molecule has 1 rings (SSSR count). The van der Waals surface area contributed by atoms with Crippen LogP contribution >= 0.6 is 0 Å². The first-order valence-corrected chi connectivity index (χ1v) is 3.80. The van der Waals surface area contributed by atoms with Crippen molar-refractivity contribution in [3.63, 3.8) is 0 Å². The number of benzene rings is 1. The van der Waals surface area contributed by atoms with Crippen molar-refractivity contribution < 1.29 is 10.3 Å². The van der Waals surface area contributed by atoms with Gasteiger partial charge >= 0.3 is 0 Å². The fraction of sp³-hybridized carbons (Fsp3) is 0.333. The lowest BCUT2D eigenvalue weighted by molar-refractivity contribution is -0.742. The SMILES string of the molecule is Cc1cc(C)cc(C)c1.O=[N+]([O-])O. The van der Waals surface area contributed by atoms with Crippen LogP contribution in [0.4, 0.5) is 0 Å². The summed E-state index contributed by atoms with van der Waals surface area (Å²) in [6.07, 6.45) is 0. The van der Waals surface area contributed by atoms with Gasteiger partial charge in [-0.25, -0.2) is 0 Å². The zero-order valence-corrected chi connectivity index (χ0v) is 7.94. The predicted molar refractivity (Wildman–Crippen MR) is 49.4 cm³/mol. The molecule has 0 aliphatic heterocycles. The van der Waals surface area contributed by atoms with Crippen molar-refractivity contribution in [1.82, 2.24) is 0 Å². The summed E-state index contributed by atoms with van der Waals surface area (Å²) >= 11 is 0. The lowest BCUT2D eigenvalue weighted by Crippen LogP contribution is -1.81. The van der Waals surface area contributed by atoms with Crippen LogP contribution in [0.5, 0.6) is 0 Å². The van der Waals surface area contributed by atoms with Gasteiger partial charge in [-0.15, -0.1) is 10.1 Å². The highest BCUT2D eigenvalue weighted by molar-refractivity contribution is 5.27. The average molecular weight is 183 g/mol. The second kappa shape index (κ2) is 5.13. The standard InChI is InChI=1S/C9H12.HNO3/c1-7-4-8(2)6-9(3)5-7;2-1(3)4/h4-6H,1-3H3;(H,2,3,4). The molecule has 0 heterocycles. The van der Waals surface area contributed by atoms with Crippen molar-refractivity contribution in [2.75, 3.05) is 0 Å². The van der Waals surface area contributed by atoms with Crippen molar-refractivity contribution in [1.29, 1.82) is 0 Å². The van der Waals surface area contributed by atoms with Gasteiger partial charge in [0.2, 0.25) is 0 Å². The molecule has 0 bridgehead atoms. The molecule has 13 heavy (non-hydrogen) atoms. The van der Waals surface area contributed by atoms with Gasteiger partial charge in [0, 0.05) is 0 Å². The Morgan fingerprint density at radius 1 is 1.08 bits per heavy atom. The van der Waals surface area contributed by atoms with Crippen molar-refractivity contribution in [3.05, 3.63) is 45.0 Å². The molecule has 4 heteroatoms. The Balaban J connectivity index is 0.000000310. The molecule has 1 N–H and O–H groups in total. The number of nitrogens with zero attached hydrogens (tertiary/aromatic N) is 1.